The van der Waals surface area contributed by atoms with Gasteiger partial charge in [0, 0.05) is 16.8 Å². The molecule has 20 heavy (non-hydrogen) atoms. The van der Waals surface area contributed by atoms with E-state index >= 15 is 0 Å². The molecule has 0 aliphatic heterocycles. The number of rotatable bonds is 4. The minimum atomic E-state index is 0.244. The van der Waals surface area contributed by atoms with Crippen LogP contribution in [0.25, 0.3) is 10.9 Å². The van der Waals surface area contributed by atoms with Gasteiger partial charge in [0.1, 0.15) is 11.4 Å². The first-order valence-corrected chi connectivity index (χ1v) is 8.16. The van der Waals surface area contributed by atoms with Crippen molar-refractivity contribution >= 4 is 34.0 Å². The fourth-order valence-electron chi connectivity index (χ4n) is 2.13. The summed E-state index contributed by atoms with van der Waals surface area (Å²) in [7, 11) is 0. The Morgan fingerprint density at radius 3 is 2.85 bits per heavy atom. The molecule has 2 N–H and O–H groups in total. The number of benzene rings is 1. The van der Waals surface area contributed by atoms with Crippen LogP contribution in [-0.2, 0) is 0 Å². The number of hydrogen-bond donors (Lipinski definition) is 1. The molecular weight excluding hydrogens is 286 g/mol. The molecular formula is C15H15N3S2. The van der Waals surface area contributed by atoms with Crippen LogP contribution in [-0.4, -0.2) is 16.5 Å². The molecule has 2 heterocycles. The number of thiophene rings is 1. The number of nitrogens with zero attached hydrogens (tertiary/aromatic N) is 2. The molecule has 0 bridgehead atoms. The molecule has 102 valence electrons. The monoisotopic (exact) mass is 301 g/mol. The number of nitrogens with two attached hydrogens (primary N) is 1. The number of aryl methyl sites for hydroxylation is 1. The van der Waals surface area contributed by atoms with Crippen LogP contribution >= 0.6 is 23.1 Å². The van der Waals surface area contributed by atoms with E-state index in [2.05, 4.69) is 34.4 Å². The average Bonchev–Trinajstić information content (AvgIpc) is 2.91. The van der Waals surface area contributed by atoms with Gasteiger partial charge < -0.3 is 5.73 Å². The molecule has 0 saturated heterocycles. The predicted molar refractivity (Wildman–Crippen MR) is 86.2 cm³/mol. The highest BCUT2D eigenvalue weighted by Gasteiger charge is 2.17. The maximum atomic E-state index is 5.97. The Morgan fingerprint density at radius 1 is 1.25 bits per heavy atom. The summed E-state index contributed by atoms with van der Waals surface area (Å²) < 4.78 is 0. The Hall–Kier alpha value is -1.43. The molecule has 3 nitrogen and oxygen atoms in total. The lowest BCUT2D eigenvalue weighted by Crippen LogP contribution is -2.09. The van der Waals surface area contributed by atoms with Crippen LogP contribution in [0.1, 0.15) is 15.7 Å². The van der Waals surface area contributed by atoms with Gasteiger partial charge in [-0.2, -0.15) is 0 Å². The molecule has 0 fully saturated rings. The SMILES string of the molecule is Cc1ccsc1C(CN)Sc1ncnc2ccccc12. The smallest absolute Gasteiger partial charge is 0.117 e. The summed E-state index contributed by atoms with van der Waals surface area (Å²) in [6, 6.07) is 10.2. The van der Waals surface area contributed by atoms with Crippen molar-refractivity contribution in [2.24, 2.45) is 5.73 Å². The Balaban J connectivity index is 1.98. The average molecular weight is 301 g/mol. The second kappa shape index (κ2) is 5.91. The highest BCUT2D eigenvalue weighted by atomic mass is 32.2. The summed E-state index contributed by atoms with van der Waals surface area (Å²) in [6.07, 6.45) is 1.62. The summed E-state index contributed by atoms with van der Waals surface area (Å²) >= 11 is 3.49. The highest BCUT2D eigenvalue weighted by molar-refractivity contribution is 7.99. The Bertz CT molecular complexity index is 718. The van der Waals surface area contributed by atoms with Gasteiger partial charge in [-0.15, -0.1) is 11.3 Å². The largest absolute Gasteiger partial charge is 0.329 e. The minimum Gasteiger partial charge on any atom is -0.329 e. The molecule has 0 aliphatic rings. The van der Waals surface area contributed by atoms with Crippen molar-refractivity contribution in [1.29, 1.82) is 0 Å². The highest BCUT2D eigenvalue weighted by Crippen LogP contribution is 2.39. The number of fused-ring (bicyclic) bond motifs is 1. The van der Waals surface area contributed by atoms with Crippen LogP contribution in [0.2, 0.25) is 0 Å². The zero-order chi connectivity index (χ0) is 13.9. The third-order valence-corrected chi connectivity index (χ3v) is 5.71. The van der Waals surface area contributed by atoms with E-state index in [1.165, 1.54) is 10.4 Å². The molecule has 1 atom stereocenters. The van der Waals surface area contributed by atoms with Crippen molar-refractivity contribution in [2.45, 2.75) is 17.2 Å². The number of hydrogen-bond acceptors (Lipinski definition) is 5. The maximum Gasteiger partial charge on any atom is 0.117 e. The molecule has 1 unspecified atom stereocenters. The van der Waals surface area contributed by atoms with Gasteiger partial charge in [-0.3, -0.25) is 0 Å². The summed E-state index contributed by atoms with van der Waals surface area (Å²) in [4.78, 5) is 10.1. The third kappa shape index (κ3) is 2.57. The summed E-state index contributed by atoms with van der Waals surface area (Å²) in [5, 5.41) is 4.45. The van der Waals surface area contributed by atoms with Gasteiger partial charge >= 0.3 is 0 Å². The molecule has 2 aromatic heterocycles. The van der Waals surface area contributed by atoms with Crippen LogP contribution < -0.4 is 5.73 Å². The normalized spacial score (nSPS) is 12.7. The lowest BCUT2D eigenvalue weighted by Gasteiger charge is -2.14. The number of aromatic nitrogens is 2. The van der Waals surface area contributed by atoms with Crippen LogP contribution in [0.15, 0.2) is 47.1 Å². The van der Waals surface area contributed by atoms with Crippen molar-refractivity contribution in [2.75, 3.05) is 6.54 Å². The Labute approximate surface area is 126 Å². The molecule has 1 aromatic carbocycles. The Kier molecular flexibility index (Phi) is 4.00. The quantitative estimate of drug-likeness (QED) is 0.588. The van der Waals surface area contributed by atoms with Crippen molar-refractivity contribution in [1.82, 2.24) is 9.97 Å². The van der Waals surface area contributed by atoms with Crippen LogP contribution in [0, 0.1) is 6.92 Å². The zero-order valence-corrected chi connectivity index (χ0v) is 12.7. The molecule has 0 aliphatic carbocycles. The minimum absolute atomic E-state index is 0.244. The summed E-state index contributed by atoms with van der Waals surface area (Å²) in [6.45, 7) is 2.73. The standard InChI is InChI=1S/C15H15N3S2/c1-10-6-7-19-14(10)13(8-16)20-15-11-4-2-3-5-12(11)17-9-18-15/h2-7,9,13H,8,16H2,1H3. The van der Waals surface area contributed by atoms with Crippen LogP contribution in [0.4, 0.5) is 0 Å². The Morgan fingerprint density at radius 2 is 2.10 bits per heavy atom. The van der Waals surface area contributed by atoms with Gasteiger partial charge in [0.05, 0.1) is 10.8 Å². The molecule has 0 radical (unpaired) electrons. The van der Waals surface area contributed by atoms with Gasteiger partial charge in [-0.25, -0.2) is 9.97 Å². The first-order valence-electron chi connectivity index (χ1n) is 6.40. The van der Waals surface area contributed by atoms with E-state index < -0.39 is 0 Å². The zero-order valence-electron chi connectivity index (χ0n) is 11.1. The van der Waals surface area contributed by atoms with E-state index in [9.17, 15) is 0 Å². The third-order valence-electron chi connectivity index (χ3n) is 3.17. The fraction of sp³-hybridized carbons (Fsp3) is 0.200. The van der Waals surface area contributed by atoms with Gasteiger partial charge in [0.2, 0.25) is 0 Å². The van der Waals surface area contributed by atoms with E-state index in [-0.39, 0.29) is 5.25 Å². The molecule has 3 rings (SSSR count). The van der Waals surface area contributed by atoms with Crippen molar-refractivity contribution in [3.63, 3.8) is 0 Å². The molecule has 0 spiro atoms. The molecule has 5 heteroatoms. The molecule has 0 saturated carbocycles. The van der Waals surface area contributed by atoms with Gasteiger partial charge in [0.15, 0.2) is 0 Å². The predicted octanol–water partition coefficient (Wildman–Crippen LogP) is 3.79. The summed E-state index contributed by atoms with van der Waals surface area (Å²) in [5.41, 5.74) is 8.24. The van der Waals surface area contributed by atoms with E-state index in [0.717, 1.165) is 15.9 Å². The molecule has 3 aromatic rings. The van der Waals surface area contributed by atoms with E-state index in [4.69, 9.17) is 5.73 Å². The second-order valence-electron chi connectivity index (χ2n) is 4.51. The first kappa shape index (κ1) is 13.5. The molecule has 0 amide bonds. The van der Waals surface area contributed by atoms with Crippen molar-refractivity contribution < 1.29 is 0 Å². The van der Waals surface area contributed by atoms with Crippen LogP contribution in [0.5, 0.6) is 0 Å². The summed E-state index contributed by atoms with van der Waals surface area (Å²) in [5.74, 6) is 0. The van der Waals surface area contributed by atoms with Gasteiger partial charge in [-0.05, 0) is 30.0 Å². The van der Waals surface area contributed by atoms with Crippen molar-refractivity contribution in [3.8, 4) is 0 Å². The fourth-order valence-corrected chi connectivity index (χ4v) is 4.43. The number of para-hydroxylation sites is 1. The van der Waals surface area contributed by atoms with Gasteiger partial charge in [-0.1, -0.05) is 30.0 Å². The van der Waals surface area contributed by atoms with Gasteiger partial charge in [0.25, 0.3) is 0 Å². The first-order chi connectivity index (χ1) is 9.79. The maximum absolute atomic E-state index is 5.97. The van der Waals surface area contributed by atoms with Crippen LogP contribution in [0.3, 0.4) is 0 Å². The number of thioether (sulfide) groups is 1. The van der Waals surface area contributed by atoms with Crippen molar-refractivity contribution in [3.05, 3.63) is 52.5 Å². The lowest BCUT2D eigenvalue weighted by atomic mass is 10.2. The lowest BCUT2D eigenvalue weighted by molar-refractivity contribution is 0.946. The second-order valence-corrected chi connectivity index (χ2v) is 6.65. The topological polar surface area (TPSA) is 51.8 Å². The van der Waals surface area contributed by atoms with E-state index in [0.29, 0.717) is 6.54 Å². The van der Waals surface area contributed by atoms with E-state index in [1.54, 1.807) is 29.4 Å². The van der Waals surface area contributed by atoms with E-state index in [1.807, 2.05) is 18.2 Å².